The summed E-state index contributed by atoms with van der Waals surface area (Å²) in [7, 11) is 0. The molecule has 1 heterocycles. The highest BCUT2D eigenvalue weighted by Gasteiger charge is 2.04. The molecule has 0 radical (unpaired) electrons. The molecular weight excluding hydrogens is 212 g/mol. The van der Waals surface area contributed by atoms with Crippen LogP contribution in [0.25, 0.3) is 0 Å². The lowest BCUT2D eigenvalue weighted by molar-refractivity contribution is 0.797. The zero-order chi connectivity index (χ0) is 12.1. The Morgan fingerprint density at radius 1 is 1.24 bits per heavy atom. The van der Waals surface area contributed by atoms with E-state index in [1.807, 2.05) is 41.1 Å². The molecule has 2 rings (SSSR count). The number of aromatic nitrogens is 1. The minimum Gasteiger partial charge on any atom is -0.382 e. The van der Waals surface area contributed by atoms with E-state index in [4.69, 9.17) is 11.1 Å². The highest BCUT2D eigenvalue weighted by Crippen LogP contribution is 2.07. The van der Waals surface area contributed by atoms with Gasteiger partial charge in [0.1, 0.15) is 12.2 Å². The Balaban J connectivity index is 2.26. The van der Waals surface area contributed by atoms with Crippen molar-refractivity contribution in [3.05, 3.63) is 59.9 Å². The van der Waals surface area contributed by atoms with E-state index in [0.29, 0.717) is 5.84 Å². The quantitative estimate of drug-likeness (QED) is 0.606. The van der Waals surface area contributed by atoms with Gasteiger partial charge in [0.25, 0.3) is 0 Å². The summed E-state index contributed by atoms with van der Waals surface area (Å²) >= 11 is 0. The second-order valence-electron chi connectivity index (χ2n) is 3.65. The molecule has 1 aromatic heterocycles. The lowest BCUT2D eigenvalue weighted by atomic mass is 10.2. The van der Waals surface area contributed by atoms with Gasteiger partial charge >= 0.3 is 0 Å². The first kappa shape index (κ1) is 11.1. The normalized spacial score (nSPS) is 11.4. The standard InChI is InChI=1S/C13H14N4/c14-10-16-13(15)12-7-4-8-17(12)9-11-5-2-1-3-6-11/h1-8,10H,9H2,(H3,14,15,16). The third-order valence-electron chi connectivity index (χ3n) is 2.49. The lowest BCUT2D eigenvalue weighted by Crippen LogP contribution is -2.18. The van der Waals surface area contributed by atoms with E-state index < -0.39 is 0 Å². The van der Waals surface area contributed by atoms with Crippen LogP contribution in [-0.2, 0) is 6.54 Å². The summed E-state index contributed by atoms with van der Waals surface area (Å²) < 4.78 is 2.01. The molecule has 0 bridgehead atoms. The Labute approximate surface area is 99.9 Å². The topological polar surface area (TPSA) is 67.2 Å². The number of hydrogen-bond donors (Lipinski definition) is 2. The van der Waals surface area contributed by atoms with Crippen LogP contribution >= 0.6 is 0 Å². The molecule has 4 nitrogen and oxygen atoms in total. The zero-order valence-corrected chi connectivity index (χ0v) is 9.38. The molecule has 1 aromatic carbocycles. The largest absolute Gasteiger partial charge is 0.382 e. The maximum atomic E-state index is 6.93. The van der Waals surface area contributed by atoms with Crippen molar-refractivity contribution in [2.24, 2.45) is 10.7 Å². The second-order valence-corrected chi connectivity index (χ2v) is 3.65. The molecule has 0 saturated carbocycles. The summed E-state index contributed by atoms with van der Waals surface area (Å²) in [5.41, 5.74) is 7.81. The predicted molar refractivity (Wildman–Crippen MR) is 69.5 cm³/mol. The summed E-state index contributed by atoms with van der Waals surface area (Å²) in [6.07, 6.45) is 2.91. The van der Waals surface area contributed by atoms with Gasteiger partial charge in [-0.3, -0.25) is 5.41 Å². The van der Waals surface area contributed by atoms with Crippen molar-refractivity contribution in [1.82, 2.24) is 4.57 Å². The van der Waals surface area contributed by atoms with Crippen LogP contribution in [0.2, 0.25) is 0 Å². The van der Waals surface area contributed by atoms with Gasteiger partial charge < -0.3 is 10.3 Å². The Kier molecular flexibility index (Phi) is 3.35. The zero-order valence-electron chi connectivity index (χ0n) is 9.38. The maximum Gasteiger partial charge on any atom is 0.149 e. The van der Waals surface area contributed by atoms with E-state index in [1.54, 1.807) is 0 Å². The minimum absolute atomic E-state index is 0.362. The van der Waals surface area contributed by atoms with Crippen molar-refractivity contribution in [3.8, 4) is 0 Å². The van der Waals surface area contributed by atoms with Crippen LogP contribution in [0.4, 0.5) is 0 Å². The molecule has 0 saturated heterocycles. The second kappa shape index (κ2) is 5.12. The van der Waals surface area contributed by atoms with Crippen LogP contribution < -0.4 is 5.73 Å². The smallest absolute Gasteiger partial charge is 0.149 e. The molecule has 0 aliphatic carbocycles. The predicted octanol–water partition coefficient (Wildman–Crippen LogP) is 1.85. The van der Waals surface area contributed by atoms with Crippen molar-refractivity contribution in [1.29, 1.82) is 5.41 Å². The molecule has 0 unspecified atom stereocenters. The van der Waals surface area contributed by atoms with Gasteiger partial charge in [0.05, 0.1) is 5.69 Å². The molecule has 0 fully saturated rings. The first-order chi connectivity index (χ1) is 8.31. The van der Waals surface area contributed by atoms with E-state index >= 15 is 0 Å². The van der Waals surface area contributed by atoms with Gasteiger partial charge in [0, 0.05) is 12.7 Å². The van der Waals surface area contributed by atoms with E-state index in [0.717, 1.165) is 18.6 Å². The fraction of sp³-hybridized carbons (Fsp3) is 0.0769. The molecule has 4 heteroatoms. The van der Waals surface area contributed by atoms with Gasteiger partial charge in [-0.05, 0) is 17.7 Å². The number of nitrogens with zero attached hydrogens (tertiary/aromatic N) is 2. The SMILES string of the molecule is N=CN=C(N)c1cccn1Cc1ccccc1. The highest BCUT2D eigenvalue weighted by atomic mass is 15.0. The number of nitrogens with two attached hydrogens (primary N) is 1. The van der Waals surface area contributed by atoms with E-state index in [2.05, 4.69) is 17.1 Å². The fourth-order valence-electron chi connectivity index (χ4n) is 1.70. The summed E-state index contributed by atoms with van der Waals surface area (Å²) in [5, 5.41) is 6.93. The van der Waals surface area contributed by atoms with Gasteiger partial charge in [-0.25, -0.2) is 4.99 Å². The number of nitrogens with one attached hydrogen (secondary N) is 1. The van der Waals surface area contributed by atoms with Crippen LogP contribution in [0.5, 0.6) is 0 Å². The third kappa shape index (κ3) is 2.60. The molecule has 0 atom stereocenters. The Morgan fingerprint density at radius 2 is 2.00 bits per heavy atom. The summed E-state index contributed by atoms with van der Waals surface area (Å²) in [6.45, 7) is 0.747. The lowest BCUT2D eigenvalue weighted by Gasteiger charge is -2.08. The number of benzene rings is 1. The minimum atomic E-state index is 0.362. The summed E-state index contributed by atoms with van der Waals surface area (Å²) in [6, 6.07) is 13.9. The van der Waals surface area contributed by atoms with Crippen LogP contribution in [0, 0.1) is 5.41 Å². The van der Waals surface area contributed by atoms with Crippen molar-refractivity contribution in [2.45, 2.75) is 6.54 Å². The third-order valence-corrected chi connectivity index (χ3v) is 2.49. The summed E-state index contributed by atoms with van der Waals surface area (Å²) in [5.74, 6) is 0.362. The van der Waals surface area contributed by atoms with Crippen molar-refractivity contribution in [2.75, 3.05) is 0 Å². The van der Waals surface area contributed by atoms with Gasteiger partial charge in [0.2, 0.25) is 0 Å². The Bertz CT molecular complexity index is 525. The summed E-state index contributed by atoms with van der Waals surface area (Å²) in [4.78, 5) is 3.78. The number of aliphatic imine (C=N–C) groups is 1. The Morgan fingerprint density at radius 3 is 2.71 bits per heavy atom. The molecule has 3 N–H and O–H groups in total. The van der Waals surface area contributed by atoms with Crippen molar-refractivity contribution in [3.63, 3.8) is 0 Å². The maximum absolute atomic E-state index is 6.93. The van der Waals surface area contributed by atoms with Crippen molar-refractivity contribution >= 4 is 12.2 Å². The van der Waals surface area contributed by atoms with Gasteiger partial charge in [-0.2, -0.15) is 0 Å². The van der Waals surface area contributed by atoms with E-state index in [9.17, 15) is 0 Å². The molecular formula is C13H14N4. The van der Waals surface area contributed by atoms with Crippen LogP contribution in [0.15, 0.2) is 53.7 Å². The molecule has 0 aliphatic heterocycles. The molecule has 2 aromatic rings. The average molecular weight is 226 g/mol. The van der Waals surface area contributed by atoms with Gasteiger partial charge in [-0.15, -0.1) is 0 Å². The van der Waals surface area contributed by atoms with Crippen LogP contribution in [-0.4, -0.2) is 16.7 Å². The number of hydrogen-bond acceptors (Lipinski definition) is 1. The number of rotatable bonds is 4. The van der Waals surface area contributed by atoms with Gasteiger partial charge in [-0.1, -0.05) is 30.3 Å². The first-order valence-electron chi connectivity index (χ1n) is 5.33. The van der Waals surface area contributed by atoms with Gasteiger partial charge in [0.15, 0.2) is 0 Å². The van der Waals surface area contributed by atoms with E-state index in [-0.39, 0.29) is 0 Å². The fourth-order valence-corrected chi connectivity index (χ4v) is 1.70. The molecule has 0 amide bonds. The molecule has 17 heavy (non-hydrogen) atoms. The van der Waals surface area contributed by atoms with Crippen molar-refractivity contribution < 1.29 is 0 Å². The van der Waals surface area contributed by atoms with Crippen LogP contribution in [0.1, 0.15) is 11.3 Å². The molecule has 0 aliphatic rings. The van der Waals surface area contributed by atoms with Crippen LogP contribution in [0.3, 0.4) is 0 Å². The first-order valence-corrected chi connectivity index (χ1v) is 5.33. The monoisotopic (exact) mass is 226 g/mol. The molecule has 0 spiro atoms. The highest BCUT2D eigenvalue weighted by molar-refractivity contribution is 5.99. The Hall–Kier alpha value is -2.36. The number of amidine groups is 1. The molecule has 86 valence electrons. The van der Waals surface area contributed by atoms with E-state index in [1.165, 1.54) is 5.56 Å². The average Bonchev–Trinajstić information content (AvgIpc) is 2.79.